The normalized spacial score (nSPS) is 10.6. The van der Waals surface area contributed by atoms with E-state index in [2.05, 4.69) is 10.3 Å². The molecule has 0 bridgehead atoms. The molecule has 1 N–H and O–H groups in total. The molecule has 0 saturated carbocycles. The van der Waals surface area contributed by atoms with Crippen LogP contribution >= 0.6 is 11.3 Å². The first-order chi connectivity index (χ1) is 13.7. The van der Waals surface area contributed by atoms with Gasteiger partial charge in [-0.3, -0.25) is 4.79 Å². The van der Waals surface area contributed by atoms with Gasteiger partial charge in [-0.15, -0.1) is 0 Å². The lowest BCUT2D eigenvalue weighted by Gasteiger charge is -2.11. The van der Waals surface area contributed by atoms with Gasteiger partial charge in [-0.25, -0.2) is 4.98 Å². The molecule has 0 unspecified atom stereocenters. The van der Waals surface area contributed by atoms with Gasteiger partial charge in [-0.1, -0.05) is 23.5 Å². The van der Waals surface area contributed by atoms with Crippen molar-refractivity contribution in [2.75, 3.05) is 25.1 Å². The first kappa shape index (κ1) is 19.9. The number of fused-ring (bicyclic) bond motifs is 1. The zero-order valence-electron chi connectivity index (χ0n) is 16.1. The topological polar surface area (TPSA) is 69.7 Å². The maximum atomic E-state index is 12.2. The predicted molar refractivity (Wildman–Crippen MR) is 112 cm³/mol. The number of amides is 1. The van der Waals surface area contributed by atoms with E-state index < -0.39 is 0 Å². The Bertz CT molecular complexity index is 926. The molecule has 1 aromatic heterocycles. The molecule has 0 aliphatic carbocycles. The number of nitrogens with zero attached hydrogens (tertiary/aromatic N) is 1. The number of anilines is 1. The number of benzene rings is 2. The summed E-state index contributed by atoms with van der Waals surface area (Å²) in [6, 6.07) is 13.3. The minimum Gasteiger partial charge on any atom is -0.494 e. The van der Waals surface area contributed by atoms with Crippen molar-refractivity contribution in [1.29, 1.82) is 0 Å². The Morgan fingerprint density at radius 2 is 1.79 bits per heavy atom. The van der Waals surface area contributed by atoms with Crippen molar-refractivity contribution in [3.8, 4) is 17.2 Å². The molecule has 0 aliphatic heterocycles. The van der Waals surface area contributed by atoms with E-state index in [4.69, 9.17) is 14.2 Å². The third-order valence-corrected chi connectivity index (χ3v) is 4.81. The second-order valence-electron chi connectivity index (χ2n) is 5.96. The van der Waals surface area contributed by atoms with Crippen LogP contribution in [-0.4, -0.2) is 30.7 Å². The summed E-state index contributed by atoms with van der Waals surface area (Å²) >= 11 is 1.44. The van der Waals surface area contributed by atoms with Crippen molar-refractivity contribution in [2.24, 2.45) is 0 Å². The standard InChI is InChI=1S/C21H24N2O4S/c1-3-25-15-11-12-16-19(14-15)28-21(22-16)23-20(24)10-7-13-27-18-9-6-5-8-17(18)26-4-2/h5-6,8-9,11-12,14H,3-4,7,10,13H2,1-2H3,(H,22,23,24). The van der Waals surface area contributed by atoms with E-state index in [-0.39, 0.29) is 5.91 Å². The molecule has 28 heavy (non-hydrogen) atoms. The van der Waals surface area contributed by atoms with E-state index in [9.17, 15) is 4.79 Å². The molecule has 0 saturated heterocycles. The number of hydrogen-bond acceptors (Lipinski definition) is 6. The van der Waals surface area contributed by atoms with E-state index in [1.165, 1.54) is 11.3 Å². The van der Waals surface area contributed by atoms with Crippen LogP contribution in [0.25, 0.3) is 10.2 Å². The fourth-order valence-corrected chi connectivity index (χ4v) is 3.57. The molecular weight excluding hydrogens is 376 g/mol. The van der Waals surface area contributed by atoms with Crippen LogP contribution in [0, 0.1) is 0 Å². The minimum absolute atomic E-state index is 0.0780. The molecule has 6 nitrogen and oxygen atoms in total. The fraction of sp³-hybridized carbons (Fsp3) is 0.333. The number of ether oxygens (including phenoxy) is 3. The lowest BCUT2D eigenvalue weighted by molar-refractivity contribution is -0.116. The molecule has 0 spiro atoms. The largest absolute Gasteiger partial charge is 0.494 e. The number of thiazole rings is 1. The Kier molecular flexibility index (Phi) is 7.08. The van der Waals surface area contributed by atoms with Crippen molar-refractivity contribution in [3.05, 3.63) is 42.5 Å². The molecule has 3 aromatic rings. The number of nitrogens with one attached hydrogen (secondary N) is 1. The highest BCUT2D eigenvalue weighted by Crippen LogP contribution is 2.29. The summed E-state index contributed by atoms with van der Waals surface area (Å²) in [7, 11) is 0. The van der Waals surface area contributed by atoms with Crippen LogP contribution in [-0.2, 0) is 4.79 Å². The van der Waals surface area contributed by atoms with Crippen molar-refractivity contribution >= 4 is 32.6 Å². The zero-order chi connectivity index (χ0) is 19.8. The van der Waals surface area contributed by atoms with E-state index in [1.807, 2.05) is 56.3 Å². The number of aromatic nitrogens is 1. The number of carbonyl (C=O) groups excluding carboxylic acids is 1. The molecule has 0 fully saturated rings. The average molecular weight is 401 g/mol. The molecule has 1 heterocycles. The molecule has 3 rings (SSSR count). The van der Waals surface area contributed by atoms with Gasteiger partial charge >= 0.3 is 0 Å². The number of para-hydroxylation sites is 2. The summed E-state index contributed by atoms with van der Waals surface area (Å²) in [6.45, 7) is 5.51. The van der Waals surface area contributed by atoms with Crippen molar-refractivity contribution in [2.45, 2.75) is 26.7 Å². The summed E-state index contributed by atoms with van der Waals surface area (Å²) in [5.41, 5.74) is 0.847. The van der Waals surface area contributed by atoms with E-state index >= 15 is 0 Å². The SMILES string of the molecule is CCOc1ccc2nc(NC(=O)CCCOc3ccccc3OCC)sc2c1. The van der Waals surface area contributed by atoms with E-state index in [1.54, 1.807) is 0 Å². The number of hydrogen-bond donors (Lipinski definition) is 1. The van der Waals surface area contributed by atoms with E-state index in [0.717, 1.165) is 21.7 Å². The zero-order valence-corrected chi connectivity index (χ0v) is 16.9. The summed E-state index contributed by atoms with van der Waals surface area (Å²) in [6.07, 6.45) is 0.961. The summed E-state index contributed by atoms with van der Waals surface area (Å²) in [4.78, 5) is 16.6. The average Bonchev–Trinajstić information content (AvgIpc) is 3.08. The molecule has 2 aromatic carbocycles. The highest BCUT2D eigenvalue weighted by atomic mass is 32.1. The van der Waals surface area contributed by atoms with Gasteiger partial charge in [0.2, 0.25) is 5.91 Å². The Morgan fingerprint density at radius 1 is 1.04 bits per heavy atom. The Hall–Kier alpha value is -2.80. The summed E-state index contributed by atoms with van der Waals surface area (Å²) < 4.78 is 17.8. The van der Waals surface area contributed by atoms with Gasteiger partial charge in [0.15, 0.2) is 16.6 Å². The monoisotopic (exact) mass is 400 g/mol. The highest BCUT2D eigenvalue weighted by Gasteiger charge is 2.09. The molecule has 0 radical (unpaired) electrons. The molecule has 1 amide bonds. The lowest BCUT2D eigenvalue weighted by Crippen LogP contribution is -2.12. The van der Waals surface area contributed by atoms with Crippen LogP contribution in [0.5, 0.6) is 17.2 Å². The highest BCUT2D eigenvalue weighted by molar-refractivity contribution is 7.22. The number of carbonyl (C=O) groups is 1. The van der Waals surface area contributed by atoms with E-state index in [0.29, 0.717) is 43.5 Å². The minimum atomic E-state index is -0.0780. The molecule has 7 heteroatoms. The van der Waals surface area contributed by atoms with Gasteiger partial charge in [-0.05, 0) is 50.6 Å². The first-order valence-electron chi connectivity index (χ1n) is 9.37. The Balaban J connectivity index is 1.47. The van der Waals surface area contributed by atoms with Gasteiger partial charge in [0.25, 0.3) is 0 Å². The van der Waals surface area contributed by atoms with Crippen molar-refractivity contribution in [1.82, 2.24) is 4.98 Å². The summed E-state index contributed by atoms with van der Waals surface area (Å²) in [5.74, 6) is 2.14. The molecule has 0 aliphatic rings. The first-order valence-corrected chi connectivity index (χ1v) is 10.2. The second-order valence-corrected chi connectivity index (χ2v) is 6.99. The lowest BCUT2D eigenvalue weighted by atomic mass is 10.3. The number of rotatable bonds is 10. The van der Waals surface area contributed by atoms with Gasteiger partial charge in [0.1, 0.15) is 5.75 Å². The van der Waals surface area contributed by atoms with Gasteiger partial charge in [-0.2, -0.15) is 0 Å². The van der Waals surface area contributed by atoms with Crippen LogP contribution in [0.2, 0.25) is 0 Å². The van der Waals surface area contributed by atoms with Gasteiger partial charge in [0.05, 0.1) is 30.0 Å². The predicted octanol–water partition coefficient (Wildman–Crippen LogP) is 4.89. The Labute approximate surface area is 168 Å². The van der Waals surface area contributed by atoms with Gasteiger partial charge < -0.3 is 19.5 Å². The van der Waals surface area contributed by atoms with Crippen molar-refractivity contribution < 1.29 is 19.0 Å². The third-order valence-electron chi connectivity index (χ3n) is 3.87. The van der Waals surface area contributed by atoms with Crippen LogP contribution in [0.15, 0.2) is 42.5 Å². The van der Waals surface area contributed by atoms with Crippen molar-refractivity contribution in [3.63, 3.8) is 0 Å². The molecule has 148 valence electrons. The molecule has 0 atom stereocenters. The van der Waals surface area contributed by atoms with Crippen LogP contribution in [0.4, 0.5) is 5.13 Å². The van der Waals surface area contributed by atoms with Crippen LogP contribution < -0.4 is 19.5 Å². The maximum Gasteiger partial charge on any atom is 0.226 e. The second kappa shape index (κ2) is 9.94. The van der Waals surface area contributed by atoms with Gasteiger partial charge in [0, 0.05) is 6.42 Å². The molecular formula is C21H24N2O4S. The smallest absolute Gasteiger partial charge is 0.226 e. The fourth-order valence-electron chi connectivity index (χ4n) is 2.66. The maximum absolute atomic E-state index is 12.2. The van der Waals surface area contributed by atoms with Crippen LogP contribution in [0.3, 0.4) is 0 Å². The quantitative estimate of drug-likeness (QED) is 0.491. The third kappa shape index (κ3) is 5.36. The van der Waals surface area contributed by atoms with Crippen LogP contribution in [0.1, 0.15) is 26.7 Å². The Morgan fingerprint density at radius 3 is 2.54 bits per heavy atom. The summed E-state index contributed by atoms with van der Waals surface area (Å²) in [5, 5.41) is 3.45.